The zero-order valence-electron chi connectivity index (χ0n) is 20.2. The Morgan fingerprint density at radius 2 is 1.91 bits per heavy atom. The van der Waals surface area contributed by atoms with E-state index in [2.05, 4.69) is 28.9 Å². The number of Topliss-reactive ketones (excluding diaryl/α,β-unsaturated/α-hetero) is 1. The van der Waals surface area contributed by atoms with Gasteiger partial charge in [-0.3, -0.25) is 19.1 Å². The van der Waals surface area contributed by atoms with Crippen molar-refractivity contribution < 1.29 is 9.59 Å². The van der Waals surface area contributed by atoms with Crippen molar-refractivity contribution in [3.8, 4) is 0 Å². The lowest BCUT2D eigenvalue weighted by atomic mass is 9.88. The highest BCUT2D eigenvalue weighted by molar-refractivity contribution is 5.97. The van der Waals surface area contributed by atoms with Gasteiger partial charge in [0.1, 0.15) is 5.82 Å². The van der Waals surface area contributed by atoms with Crippen LogP contribution in [0.4, 0.5) is 0 Å². The molecule has 180 valence electrons. The van der Waals surface area contributed by atoms with Crippen molar-refractivity contribution in [1.82, 2.24) is 24.6 Å². The fraction of sp³-hybridized carbons (Fsp3) is 0.500. The second-order valence-corrected chi connectivity index (χ2v) is 9.86. The van der Waals surface area contributed by atoms with Crippen LogP contribution in [0.15, 0.2) is 41.5 Å². The number of para-hydroxylation sites is 1. The minimum absolute atomic E-state index is 0.0633. The summed E-state index contributed by atoms with van der Waals surface area (Å²) in [6.45, 7) is 5.47. The molecule has 34 heavy (non-hydrogen) atoms. The van der Waals surface area contributed by atoms with Gasteiger partial charge in [0, 0.05) is 45.1 Å². The molecular weight excluding hydrogens is 430 g/mol. The van der Waals surface area contributed by atoms with Gasteiger partial charge in [0.05, 0.1) is 22.7 Å². The van der Waals surface area contributed by atoms with Crippen LogP contribution in [0.3, 0.4) is 0 Å². The number of ketones is 1. The molecule has 0 bridgehead atoms. The number of carbonyl (C=O) groups is 2. The molecule has 1 amide bonds. The fourth-order valence-corrected chi connectivity index (χ4v) is 4.96. The molecule has 3 aromatic rings. The predicted octanol–water partition coefficient (Wildman–Crippen LogP) is 3.37. The van der Waals surface area contributed by atoms with Gasteiger partial charge in [-0.25, -0.2) is 4.98 Å². The van der Waals surface area contributed by atoms with E-state index in [1.165, 1.54) is 0 Å². The molecule has 0 spiro atoms. The number of aromatic amines is 1. The van der Waals surface area contributed by atoms with Gasteiger partial charge in [-0.1, -0.05) is 26.0 Å². The number of carbonyl (C=O) groups excluding carboxylic acids is 2. The summed E-state index contributed by atoms with van der Waals surface area (Å²) >= 11 is 0. The van der Waals surface area contributed by atoms with E-state index in [0.717, 1.165) is 6.42 Å². The summed E-state index contributed by atoms with van der Waals surface area (Å²) in [6.07, 6.45) is 6.55. The van der Waals surface area contributed by atoms with Gasteiger partial charge in [-0.05, 0) is 43.2 Å². The maximum atomic E-state index is 13.1. The van der Waals surface area contributed by atoms with E-state index in [9.17, 15) is 14.4 Å². The third kappa shape index (κ3) is 5.61. The van der Waals surface area contributed by atoms with E-state index in [-0.39, 0.29) is 29.1 Å². The average molecular weight is 464 g/mol. The molecule has 1 aliphatic heterocycles. The lowest BCUT2D eigenvalue weighted by Gasteiger charge is -2.32. The van der Waals surface area contributed by atoms with Crippen molar-refractivity contribution in [2.24, 2.45) is 24.8 Å². The van der Waals surface area contributed by atoms with Crippen LogP contribution in [0.1, 0.15) is 55.7 Å². The Balaban J connectivity index is 1.38. The van der Waals surface area contributed by atoms with Crippen LogP contribution in [0.25, 0.3) is 10.9 Å². The third-order valence-corrected chi connectivity index (χ3v) is 6.62. The summed E-state index contributed by atoms with van der Waals surface area (Å²) in [6, 6.07) is 7.30. The molecule has 0 aliphatic carbocycles. The second kappa shape index (κ2) is 10.3. The summed E-state index contributed by atoms with van der Waals surface area (Å²) in [5, 5.41) is 4.67. The van der Waals surface area contributed by atoms with Gasteiger partial charge in [0.15, 0.2) is 5.78 Å². The Hall–Kier alpha value is -3.29. The van der Waals surface area contributed by atoms with Crippen molar-refractivity contribution in [3.05, 3.63) is 58.4 Å². The molecule has 8 heteroatoms. The largest absolute Gasteiger partial charge is 0.343 e. The van der Waals surface area contributed by atoms with E-state index >= 15 is 0 Å². The van der Waals surface area contributed by atoms with E-state index < -0.39 is 0 Å². The molecule has 1 aromatic carbocycles. The molecule has 1 atom stereocenters. The minimum Gasteiger partial charge on any atom is -0.343 e. The molecule has 8 nitrogen and oxygen atoms in total. The van der Waals surface area contributed by atoms with Crippen molar-refractivity contribution >= 4 is 22.6 Å². The Morgan fingerprint density at radius 1 is 1.18 bits per heavy atom. The monoisotopic (exact) mass is 463 g/mol. The minimum atomic E-state index is -0.143. The Bertz CT molecular complexity index is 1220. The van der Waals surface area contributed by atoms with Crippen LogP contribution < -0.4 is 5.56 Å². The SMILES string of the molecule is CC(C)CC(CC(=O)N1CCC(C(=O)c2cnn(C)c2)CC1)Cc1nc2ccccc2c(=O)[nH]1. The molecule has 1 unspecified atom stereocenters. The Morgan fingerprint density at radius 3 is 2.59 bits per heavy atom. The van der Waals surface area contributed by atoms with E-state index in [1.807, 2.05) is 23.1 Å². The maximum Gasteiger partial charge on any atom is 0.258 e. The second-order valence-electron chi connectivity index (χ2n) is 9.86. The van der Waals surface area contributed by atoms with Crippen LogP contribution in [0.2, 0.25) is 0 Å². The molecular formula is C26H33N5O3. The van der Waals surface area contributed by atoms with Gasteiger partial charge < -0.3 is 9.88 Å². The Labute approximate surface area is 199 Å². The number of piperidine rings is 1. The summed E-state index contributed by atoms with van der Waals surface area (Å²) < 4.78 is 1.64. The van der Waals surface area contributed by atoms with Gasteiger partial charge >= 0.3 is 0 Å². The number of H-pyrrole nitrogens is 1. The van der Waals surface area contributed by atoms with Gasteiger partial charge in [-0.2, -0.15) is 5.10 Å². The van der Waals surface area contributed by atoms with Crippen molar-refractivity contribution in [2.45, 2.75) is 46.0 Å². The first-order valence-corrected chi connectivity index (χ1v) is 12.1. The first-order valence-electron chi connectivity index (χ1n) is 12.1. The summed E-state index contributed by atoms with van der Waals surface area (Å²) in [5.74, 6) is 1.30. The highest BCUT2D eigenvalue weighted by Gasteiger charge is 2.29. The zero-order valence-corrected chi connectivity index (χ0v) is 20.2. The molecule has 3 heterocycles. The van der Waals surface area contributed by atoms with Crippen LogP contribution in [-0.4, -0.2) is 49.4 Å². The third-order valence-electron chi connectivity index (χ3n) is 6.62. The maximum absolute atomic E-state index is 13.1. The topological polar surface area (TPSA) is 101 Å². The number of hydrogen-bond acceptors (Lipinski definition) is 5. The number of likely N-dealkylation sites (tertiary alicyclic amines) is 1. The number of rotatable bonds is 8. The number of aromatic nitrogens is 4. The number of hydrogen-bond donors (Lipinski definition) is 1. The van der Waals surface area contributed by atoms with Gasteiger partial charge in [0.2, 0.25) is 5.91 Å². The van der Waals surface area contributed by atoms with Crippen molar-refractivity contribution in [2.75, 3.05) is 13.1 Å². The van der Waals surface area contributed by atoms with Crippen molar-refractivity contribution in [3.63, 3.8) is 0 Å². The number of benzene rings is 1. The normalized spacial score (nSPS) is 15.7. The molecule has 4 rings (SSSR count). The number of nitrogens with zero attached hydrogens (tertiary/aromatic N) is 4. The fourth-order valence-electron chi connectivity index (χ4n) is 4.96. The number of aryl methyl sites for hydroxylation is 1. The number of amides is 1. The first kappa shape index (κ1) is 23.9. The van der Waals surface area contributed by atoms with Crippen LogP contribution in [-0.2, 0) is 18.3 Å². The standard InChI is InChI=1S/C26H33N5O3/c1-17(2)12-18(13-23-28-22-7-5-4-6-21(22)26(34)29-23)14-24(32)31-10-8-19(9-11-31)25(33)20-15-27-30(3)16-20/h4-7,15-19H,8-14H2,1-3H3,(H,28,29,34). The van der Waals surface area contributed by atoms with Crippen molar-refractivity contribution in [1.29, 1.82) is 0 Å². The molecule has 1 aliphatic rings. The summed E-state index contributed by atoms with van der Waals surface area (Å²) in [7, 11) is 1.80. The van der Waals surface area contributed by atoms with E-state index in [1.54, 1.807) is 30.2 Å². The Kier molecular flexibility index (Phi) is 7.24. The molecule has 0 saturated carbocycles. The van der Waals surface area contributed by atoms with Gasteiger partial charge in [-0.15, -0.1) is 0 Å². The summed E-state index contributed by atoms with van der Waals surface area (Å²) in [4.78, 5) is 47.8. The highest BCUT2D eigenvalue weighted by Crippen LogP contribution is 2.25. The average Bonchev–Trinajstić information content (AvgIpc) is 3.24. The molecule has 2 aromatic heterocycles. The zero-order chi connectivity index (χ0) is 24.2. The summed E-state index contributed by atoms with van der Waals surface area (Å²) in [5.41, 5.74) is 1.17. The predicted molar refractivity (Wildman–Crippen MR) is 130 cm³/mol. The lowest BCUT2D eigenvalue weighted by Crippen LogP contribution is -2.41. The van der Waals surface area contributed by atoms with Crippen LogP contribution >= 0.6 is 0 Å². The lowest BCUT2D eigenvalue weighted by molar-refractivity contribution is -0.133. The molecule has 1 fully saturated rings. The first-order chi connectivity index (χ1) is 16.3. The number of fused-ring (bicyclic) bond motifs is 1. The van der Waals surface area contributed by atoms with E-state index in [0.29, 0.717) is 67.0 Å². The molecule has 1 saturated heterocycles. The number of nitrogens with one attached hydrogen (secondary N) is 1. The highest BCUT2D eigenvalue weighted by atomic mass is 16.2. The van der Waals surface area contributed by atoms with E-state index in [4.69, 9.17) is 0 Å². The van der Waals surface area contributed by atoms with Crippen LogP contribution in [0.5, 0.6) is 0 Å². The smallest absolute Gasteiger partial charge is 0.258 e. The van der Waals surface area contributed by atoms with Gasteiger partial charge in [0.25, 0.3) is 5.56 Å². The molecule has 1 N–H and O–H groups in total. The quantitative estimate of drug-likeness (QED) is 0.516. The van der Waals surface area contributed by atoms with Crippen LogP contribution in [0, 0.1) is 17.8 Å². The molecule has 0 radical (unpaired) electrons.